The van der Waals surface area contributed by atoms with Crippen molar-refractivity contribution >= 4 is 23.7 Å². The first kappa shape index (κ1) is 24.3. The van der Waals surface area contributed by atoms with Gasteiger partial charge in [0.1, 0.15) is 23.0 Å². The van der Waals surface area contributed by atoms with Crippen LogP contribution in [0.15, 0.2) is 72.8 Å². The Morgan fingerprint density at radius 3 is 1.26 bits per heavy atom. The molecule has 6 heteroatoms. The molecule has 0 N–H and O–H groups in total. The zero-order valence-corrected chi connectivity index (χ0v) is 19.5. The van der Waals surface area contributed by atoms with Crippen molar-refractivity contribution in [2.45, 2.75) is 0 Å². The minimum Gasteiger partial charge on any atom is -0.497 e. The number of hydrogen-bond acceptors (Lipinski definition) is 6. The van der Waals surface area contributed by atoms with Gasteiger partial charge >= 0.3 is 0 Å². The highest BCUT2D eigenvalue weighted by Crippen LogP contribution is 2.26. The smallest absolute Gasteiger partial charge is 0.185 e. The molecule has 0 aliphatic carbocycles. The minimum absolute atomic E-state index is 0.194. The second-order valence-electron chi connectivity index (χ2n) is 7.19. The number of allylic oxidation sites excluding steroid dienone is 2. The van der Waals surface area contributed by atoms with Crippen LogP contribution >= 0.6 is 0 Å². The lowest BCUT2D eigenvalue weighted by Gasteiger charge is -2.07. The Bertz CT molecular complexity index is 1130. The lowest BCUT2D eigenvalue weighted by atomic mass is 10.0. The molecule has 0 spiro atoms. The summed E-state index contributed by atoms with van der Waals surface area (Å²) < 4.78 is 21.1. The first-order valence-electron chi connectivity index (χ1n) is 10.5. The maximum atomic E-state index is 12.6. The standard InChI is InChI=1S/C28H26O6/c1-31-23-11-15-27(33-3)21(17-23)9-13-25(29)19-5-7-20(8-6-19)26(30)14-10-22-18-24(32-2)12-16-28(22)34-4/h5-18H,1-4H3/b13-9+,14-10+. The van der Waals surface area contributed by atoms with Crippen molar-refractivity contribution in [3.05, 3.63) is 95.1 Å². The van der Waals surface area contributed by atoms with E-state index in [1.807, 2.05) is 0 Å². The van der Waals surface area contributed by atoms with E-state index in [0.29, 0.717) is 34.1 Å². The number of hydrogen-bond donors (Lipinski definition) is 0. The van der Waals surface area contributed by atoms with Gasteiger partial charge in [0.05, 0.1) is 28.4 Å². The van der Waals surface area contributed by atoms with Crippen molar-refractivity contribution in [1.82, 2.24) is 0 Å². The highest BCUT2D eigenvalue weighted by Gasteiger charge is 2.08. The van der Waals surface area contributed by atoms with E-state index in [4.69, 9.17) is 18.9 Å². The maximum absolute atomic E-state index is 12.6. The second kappa shape index (κ2) is 11.5. The Balaban J connectivity index is 1.72. The number of rotatable bonds is 10. The molecule has 0 unspecified atom stereocenters. The van der Waals surface area contributed by atoms with E-state index >= 15 is 0 Å². The van der Waals surface area contributed by atoms with E-state index in [1.54, 1.807) is 101 Å². The molecule has 0 amide bonds. The van der Waals surface area contributed by atoms with Crippen molar-refractivity contribution in [3.63, 3.8) is 0 Å². The fourth-order valence-corrected chi connectivity index (χ4v) is 3.26. The summed E-state index contributed by atoms with van der Waals surface area (Å²) in [6.07, 6.45) is 6.27. The number of ketones is 2. The first-order valence-corrected chi connectivity index (χ1v) is 10.5. The van der Waals surface area contributed by atoms with Gasteiger partial charge in [-0.1, -0.05) is 24.3 Å². The van der Waals surface area contributed by atoms with Crippen LogP contribution in [-0.4, -0.2) is 40.0 Å². The molecule has 0 bridgehead atoms. The predicted octanol–water partition coefficient (Wildman–Crippen LogP) is 5.51. The molecular weight excluding hydrogens is 432 g/mol. The van der Waals surface area contributed by atoms with Crippen LogP contribution in [0.25, 0.3) is 12.2 Å². The normalized spacial score (nSPS) is 10.9. The first-order chi connectivity index (χ1) is 16.5. The van der Waals surface area contributed by atoms with Gasteiger partial charge in [-0.3, -0.25) is 9.59 Å². The molecule has 0 aliphatic rings. The molecule has 3 aromatic rings. The summed E-state index contributed by atoms with van der Waals surface area (Å²) in [5.41, 5.74) is 2.38. The molecule has 0 aromatic heterocycles. The fourth-order valence-electron chi connectivity index (χ4n) is 3.26. The van der Waals surface area contributed by atoms with Crippen LogP contribution in [0, 0.1) is 0 Å². The largest absolute Gasteiger partial charge is 0.497 e. The average Bonchev–Trinajstić information content (AvgIpc) is 2.89. The third kappa shape index (κ3) is 5.92. The van der Waals surface area contributed by atoms with Crippen molar-refractivity contribution in [3.8, 4) is 23.0 Å². The summed E-state index contributed by atoms with van der Waals surface area (Å²) in [5.74, 6) is 2.20. The Hall–Kier alpha value is -4.32. The summed E-state index contributed by atoms with van der Waals surface area (Å²) in [4.78, 5) is 25.2. The van der Waals surface area contributed by atoms with Gasteiger partial charge in [0.25, 0.3) is 0 Å². The number of methoxy groups -OCH3 is 4. The lowest BCUT2D eigenvalue weighted by molar-refractivity contribution is 0.103. The van der Waals surface area contributed by atoms with Crippen LogP contribution < -0.4 is 18.9 Å². The van der Waals surface area contributed by atoms with Gasteiger partial charge in [0.2, 0.25) is 0 Å². The van der Waals surface area contributed by atoms with Crippen LogP contribution in [0.2, 0.25) is 0 Å². The molecule has 174 valence electrons. The van der Waals surface area contributed by atoms with Crippen LogP contribution in [-0.2, 0) is 0 Å². The van der Waals surface area contributed by atoms with Crippen molar-refractivity contribution in [1.29, 1.82) is 0 Å². The molecule has 0 radical (unpaired) electrons. The van der Waals surface area contributed by atoms with Crippen LogP contribution in [0.4, 0.5) is 0 Å². The van der Waals surface area contributed by atoms with Gasteiger partial charge in [-0.05, 0) is 60.7 Å². The molecule has 0 saturated carbocycles. The average molecular weight is 459 g/mol. The van der Waals surface area contributed by atoms with Crippen molar-refractivity contribution in [2.24, 2.45) is 0 Å². The number of benzene rings is 3. The highest BCUT2D eigenvalue weighted by atomic mass is 16.5. The van der Waals surface area contributed by atoms with Gasteiger partial charge in [-0.15, -0.1) is 0 Å². The van der Waals surface area contributed by atoms with Gasteiger partial charge in [-0.2, -0.15) is 0 Å². The molecular formula is C28H26O6. The van der Waals surface area contributed by atoms with Crippen LogP contribution in [0.3, 0.4) is 0 Å². The van der Waals surface area contributed by atoms with E-state index in [0.717, 1.165) is 11.1 Å². The number of carbonyl (C=O) groups excluding carboxylic acids is 2. The quantitative estimate of drug-likeness (QED) is 0.295. The topological polar surface area (TPSA) is 71.1 Å². The van der Waals surface area contributed by atoms with Gasteiger partial charge < -0.3 is 18.9 Å². The van der Waals surface area contributed by atoms with E-state index in [2.05, 4.69) is 0 Å². The van der Waals surface area contributed by atoms with E-state index < -0.39 is 0 Å². The molecule has 34 heavy (non-hydrogen) atoms. The Morgan fingerprint density at radius 2 is 0.941 bits per heavy atom. The van der Waals surface area contributed by atoms with Crippen LogP contribution in [0.1, 0.15) is 31.8 Å². The van der Waals surface area contributed by atoms with E-state index in [9.17, 15) is 9.59 Å². The third-order valence-corrected chi connectivity index (χ3v) is 5.16. The Labute approximate surface area is 199 Å². The lowest BCUT2D eigenvalue weighted by Crippen LogP contribution is -1.98. The predicted molar refractivity (Wildman–Crippen MR) is 132 cm³/mol. The molecule has 3 aromatic carbocycles. The molecule has 0 saturated heterocycles. The molecule has 0 atom stereocenters. The molecule has 3 rings (SSSR count). The Kier molecular flexibility index (Phi) is 8.24. The molecule has 0 fully saturated rings. The zero-order chi connectivity index (χ0) is 24.5. The number of carbonyl (C=O) groups is 2. The van der Waals surface area contributed by atoms with Crippen molar-refractivity contribution < 1.29 is 28.5 Å². The Morgan fingerprint density at radius 1 is 0.559 bits per heavy atom. The minimum atomic E-state index is -0.194. The fraction of sp³-hybridized carbons (Fsp3) is 0.143. The summed E-state index contributed by atoms with van der Waals surface area (Å²) in [5, 5.41) is 0. The monoisotopic (exact) mass is 458 g/mol. The van der Waals surface area contributed by atoms with E-state index in [1.165, 1.54) is 12.2 Å². The SMILES string of the molecule is COc1ccc(OC)c(/C=C/C(=O)c2ccc(C(=O)/C=C/c3cc(OC)ccc3OC)cc2)c1. The van der Waals surface area contributed by atoms with Gasteiger partial charge in [0, 0.05) is 22.3 Å². The zero-order valence-electron chi connectivity index (χ0n) is 19.5. The molecule has 0 aliphatic heterocycles. The number of ether oxygens (including phenoxy) is 4. The summed E-state index contributed by atoms with van der Waals surface area (Å²) in [6.45, 7) is 0. The highest BCUT2D eigenvalue weighted by molar-refractivity contribution is 6.09. The summed E-state index contributed by atoms with van der Waals surface area (Å²) >= 11 is 0. The van der Waals surface area contributed by atoms with Crippen molar-refractivity contribution in [2.75, 3.05) is 28.4 Å². The third-order valence-electron chi connectivity index (χ3n) is 5.16. The summed E-state index contributed by atoms with van der Waals surface area (Å²) in [7, 11) is 6.28. The molecule has 0 heterocycles. The molecule has 6 nitrogen and oxygen atoms in total. The van der Waals surface area contributed by atoms with Gasteiger partial charge in [0.15, 0.2) is 11.6 Å². The van der Waals surface area contributed by atoms with Gasteiger partial charge in [-0.25, -0.2) is 0 Å². The summed E-state index contributed by atoms with van der Waals surface area (Å²) in [6, 6.07) is 17.2. The van der Waals surface area contributed by atoms with E-state index in [-0.39, 0.29) is 11.6 Å². The maximum Gasteiger partial charge on any atom is 0.185 e. The van der Waals surface area contributed by atoms with Crippen LogP contribution in [0.5, 0.6) is 23.0 Å². The second-order valence-corrected chi connectivity index (χ2v) is 7.19.